The summed E-state index contributed by atoms with van der Waals surface area (Å²) in [6.07, 6.45) is 5.66. The van der Waals surface area contributed by atoms with Gasteiger partial charge in [0.05, 0.1) is 11.4 Å². The Bertz CT molecular complexity index is 419. The summed E-state index contributed by atoms with van der Waals surface area (Å²) in [7, 11) is 0. The highest BCUT2D eigenvalue weighted by molar-refractivity contribution is 6.84. The molecule has 0 bridgehead atoms. The highest BCUT2D eigenvalue weighted by atomic mass is 35.5. The molecule has 0 aromatic heterocycles. The SMILES string of the molecule is ClC(=Nc1ccccc1)C1=NC=CCC1. The van der Waals surface area contributed by atoms with E-state index in [0.717, 1.165) is 24.2 Å². The molecule has 15 heavy (non-hydrogen) atoms. The predicted octanol–water partition coefficient (Wildman–Crippen LogP) is 3.70. The van der Waals surface area contributed by atoms with Crippen molar-refractivity contribution in [2.75, 3.05) is 0 Å². The first-order valence-corrected chi connectivity index (χ1v) is 5.25. The number of allylic oxidation sites excluding steroid dienone is 1. The fraction of sp³-hybridized carbons (Fsp3) is 0.167. The van der Waals surface area contributed by atoms with Crippen LogP contribution in [0.15, 0.2) is 52.6 Å². The van der Waals surface area contributed by atoms with Crippen LogP contribution < -0.4 is 0 Å². The molecule has 1 aliphatic rings. The largest absolute Gasteiger partial charge is 0.258 e. The van der Waals surface area contributed by atoms with Crippen molar-refractivity contribution in [2.24, 2.45) is 9.98 Å². The normalized spacial score (nSPS) is 16.3. The third-order valence-electron chi connectivity index (χ3n) is 2.11. The van der Waals surface area contributed by atoms with E-state index < -0.39 is 0 Å². The summed E-state index contributed by atoms with van der Waals surface area (Å²) in [5, 5.41) is 0.491. The minimum absolute atomic E-state index is 0.491. The second kappa shape index (κ2) is 4.89. The minimum atomic E-state index is 0.491. The molecule has 2 nitrogen and oxygen atoms in total. The first-order valence-electron chi connectivity index (χ1n) is 4.87. The molecular weight excluding hydrogens is 208 g/mol. The summed E-state index contributed by atoms with van der Waals surface area (Å²) < 4.78 is 0. The number of halogens is 1. The van der Waals surface area contributed by atoms with Gasteiger partial charge < -0.3 is 0 Å². The summed E-state index contributed by atoms with van der Waals surface area (Å²) in [6.45, 7) is 0. The zero-order valence-electron chi connectivity index (χ0n) is 8.23. The lowest BCUT2D eigenvalue weighted by Gasteiger charge is -2.05. The molecule has 0 spiro atoms. The fourth-order valence-corrected chi connectivity index (χ4v) is 1.58. The first-order chi connectivity index (χ1) is 7.36. The van der Waals surface area contributed by atoms with E-state index >= 15 is 0 Å². The zero-order chi connectivity index (χ0) is 10.5. The monoisotopic (exact) mass is 218 g/mol. The maximum absolute atomic E-state index is 6.08. The van der Waals surface area contributed by atoms with Gasteiger partial charge in [-0.25, -0.2) is 4.99 Å². The van der Waals surface area contributed by atoms with E-state index in [0.29, 0.717) is 5.17 Å². The summed E-state index contributed by atoms with van der Waals surface area (Å²) in [6, 6.07) is 9.66. The second-order valence-corrected chi connectivity index (χ2v) is 3.60. The molecule has 1 aromatic rings. The molecule has 0 saturated heterocycles. The molecule has 1 aromatic carbocycles. The Hall–Kier alpha value is -1.41. The number of hydrogen-bond donors (Lipinski definition) is 0. The van der Waals surface area contributed by atoms with Gasteiger partial charge in [-0.15, -0.1) is 0 Å². The van der Waals surface area contributed by atoms with Gasteiger partial charge in [-0.3, -0.25) is 4.99 Å². The molecule has 1 aliphatic heterocycles. The van der Waals surface area contributed by atoms with E-state index in [1.807, 2.05) is 36.4 Å². The molecule has 0 saturated carbocycles. The van der Waals surface area contributed by atoms with E-state index in [1.54, 1.807) is 6.20 Å². The molecule has 0 atom stereocenters. The van der Waals surface area contributed by atoms with Gasteiger partial charge in [0.1, 0.15) is 0 Å². The third-order valence-corrected chi connectivity index (χ3v) is 2.41. The average molecular weight is 219 g/mol. The van der Waals surface area contributed by atoms with Crippen LogP contribution in [0.5, 0.6) is 0 Å². The quantitative estimate of drug-likeness (QED) is 0.677. The van der Waals surface area contributed by atoms with E-state index in [2.05, 4.69) is 9.98 Å². The van der Waals surface area contributed by atoms with Gasteiger partial charge >= 0.3 is 0 Å². The molecule has 3 heteroatoms. The van der Waals surface area contributed by atoms with Crippen molar-refractivity contribution in [1.82, 2.24) is 0 Å². The van der Waals surface area contributed by atoms with Crippen LogP contribution in [-0.4, -0.2) is 10.9 Å². The van der Waals surface area contributed by atoms with Crippen molar-refractivity contribution in [1.29, 1.82) is 0 Å². The Morgan fingerprint density at radius 3 is 2.73 bits per heavy atom. The van der Waals surface area contributed by atoms with Crippen molar-refractivity contribution < 1.29 is 0 Å². The van der Waals surface area contributed by atoms with E-state index in [4.69, 9.17) is 11.6 Å². The topological polar surface area (TPSA) is 24.7 Å². The van der Waals surface area contributed by atoms with Gasteiger partial charge in [0.15, 0.2) is 5.17 Å². The van der Waals surface area contributed by atoms with Crippen molar-refractivity contribution in [3.63, 3.8) is 0 Å². The van der Waals surface area contributed by atoms with Crippen LogP contribution >= 0.6 is 11.6 Å². The Morgan fingerprint density at radius 1 is 1.27 bits per heavy atom. The van der Waals surface area contributed by atoms with Gasteiger partial charge in [-0.1, -0.05) is 35.9 Å². The summed E-state index contributed by atoms with van der Waals surface area (Å²) in [5.74, 6) is 0. The molecule has 0 unspecified atom stereocenters. The third kappa shape index (κ3) is 2.77. The first kappa shape index (κ1) is 10.1. The van der Waals surface area contributed by atoms with Crippen LogP contribution in [0.4, 0.5) is 5.69 Å². The van der Waals surface area contributed by atoms with Gasteiger partial charge in [-0.05, 0) is 25.0 Å². The van der Waals surface area contributed by atoms with Crippen LogP contribution in [0.25, 0.3) is 0 Å². The standard InChI is InChI=1S/C12H11ClN2/c13-12(11-8-4-5-9-14-11)15-10-6-2-1-3-7-10/h1-3,5-7,9H,4,8H2. The molecule has 76 valence electrons. The summed E-state index contributed by atoms with van der Waals surface area (Å²) >= 11 is 6.08. The van der Waals surface area contributed by atoms with Crippen LogP contribution in [0.2, 0.25) is 0 Å². The fourth-order valence-electron chi connectivity index (χ4n) is 1.34. The Morgan fingerprint density at radius 2 is 2.07 bits per heavy atom. The van der Waals surface area contributed by atoms with Crippen LogP contribution in [-0.2, 0) is 0 Å². The van der Waals surface area contributed by atoms with Crippen molar-refractivity contribution in [2.45, 2.75) is 12.8 Å². The van der Waals surface area contributed by atoms with Gasteiger partial charge in [0, 0.05) is 6.20 Å². The summed E-state index contributed by atoms with van der Waals surface area (Å²) in [4.78, 5) is 8.50. The maximum Gasteiger partial charge on any atom is 0.151 e. The highest BCUT2D eigenvalue weighted by Crippen LogP contribution is 2.14. The van der Waals surface area contributed by atoms with Gasteiger partial charge in [0.2, 0.25) is 0 Å². The molecular formula is C12H11ClN2. The van der Waals surface area contributed by atoms with E-state index in [-0.39, 0.29) is 0 Å². The van der Waals surface area contributed by atoms with Gasteiger partial charge in [-0.2, -0.15) is 0 Å². The molecule has 0 amide bonds. The second-order valence-electron chi connectivity index (χ2n) is 3.24. The van der Waals surface area contributed by atoms with E-state index in [9.17, 15) is 0 Å². The Labute approximate surface area is 94.0 Å². The van der Waals surface area contributed by atoms with E-state index in [1.165, 1.54) is 0 Å². The number of benzene rings is 1. The molecule has 0 fully saturated rings. The minimum Gasteiger partial charge on any atom is -0.258 e. The Kier molecular flexibility index (Phi) is 3.30. The maximum atomic E-state index is 6.08. The number of hydrogen-bond acceptors (Lipinski definition) is 2. The lowest BCUT2D eigenvalue weighted by atomic mass is 10.2. The van der Waals surface area contributed by atoms with Crippen LogP contribution in [0, 0.1) is 0 Å². The van der Waals surface area contributed by atoms with Crippen LogP contribution in [0.3, 0.4) is 0 Å². The molecule has 0 N–H and O–H groups in total. The molecule has 1 heterocycles. The van der Waals surface area contributed by atoms with Crippen molar-refractivity contribution >= 4 is 28.2 Å². The Balaban J connectivity index is 2.20. The lowest BCUT2D eigenvalue weighted by Crippen LogP contribution is -2.08. The molecule has 0 radical (unpaired) electrons. The molecule has 2 rings (SSSR count). The average Bonchev–Trinajstić information content (AvgIpc) is 2.31. The highest BCUT2D eigenvalue weighted by Gasteiger charge is 2.07. The summed E-state index contributed by atoms with van der Waals surface area (Å²) in [5.41, 5.74) is 1.72. The van der Waals surface area contributed by atoms with Crippen molar-refractivity contribution in [3.05, 3.63) is 42.6 Å². The zero-order valence-corrected chi connectivity index (χ0v) is 8.98. The smallest absolute Gasteiger partial charge is 0.151 e. The van der Waals surface area contributed by atoms with Crippen molar-refractivity contribution in [3.8, 4) is 0 Å². The van der Waals surface area contributed by atoms with Crippen LogP contribution in [0.1, 0.15) is 12.8 Å². The number of nitrogens with zero attached hydrogens (tertiary/aromatic N) is 2. The lowest BCUT2D eigenvalue weighted by molar-refractivity contribution is 1.07. The van der Waals surface area contributed by atoms with Gasteiger partial charge in [0.25, 0.3) is 0 Å². The number of para-hydroxylation sites is 1. The number of aliphatic imine (C=N–C) groups is 2. The number of rotatable bonds is 2. The molecule has 0 aliphatic carbocycles. The predicted molar refractivity (Wildman–Crippen MR) is 65.2 cm³/mol.